The minimum absolute atomic E-state index is 0.114. The van der Waals surface area contributed by atoms with E-state index in [9.17, 15) is 4.79 Å². The van der Waals surface area contributed by atoms with Gasteiger partial charge in [0, 0.05) is 0 Å². The summed E-state index contributed by atoms with van der Waals surface area (Å²) in [5, 5.41) is 3.15. The van der Waals surface area contributed by atoms with Gasteiger partial charge in [-0.05, 0) is 38.7 Å². The first kappa shape index (κ1) is 8.29. The van der Waals surface area contributed by atoms with Gasteiger partial charge in [-0.3, -0.25) is 4.79 Å². The molecule has 2 nitrogen and oxygen atoms in total. The lowest BCUT2D eigenvalue weighted by atomic mass is 9.87. The molecule has 11 heavy (non-hydrogen) atoms. The molecule has 1 saturated heterocycles. The summed E-state index contributed by atoms with van der Waals surface area (Å²) >= 11 is 0. The number of carbonyl (C=O) groups is 1. The Morgan fingerprint density at radius 1 is 1.64 bits per heavy atom. The lowest BCUT2D eigenvalue weighted by Crippen LogP contribution is -2.51. The Labute approximate surface area is 67.4 Å². The second-order valence-electron chi connectivity index (χ2n) is 3.19. The molecule has 1 unspecified atom stereocenters. The Balaban J connectivity index is 2.65. The number of hydrogen-bond donors (Lipinski definition) is 1. The summed E-state index contributed by atoms with van der Waals surface area (Å²) in [7, 11) is 0. The first-order valence-electron chi connectivity index (χ1n) is 3.95. The average Bonchev–Trinajstić information content (AvgIpc) is 2.04. The van der Waals surface area contributed by atoms with Crippen LogP contribution in [0.25, 0.3) is 0 Å². The van der Waals surface area contributed by atoms with Crippen molar-refractivity contribution in [1.82, 2.24) is 5.32 Å². The first-order chi connectivity index (χ1) is 5.19. The molecule has 60 valence electrons. The molecule has 0 aliphatic carbocycles. The summed E-state index contributed by atoms with van der Waals surface area (Å²) in [5.74, 6) is 2.06. The van der Waals surface area contributed by atoms with E-state index in [1.54, 1.807) is 0 Å². The molecular weight excluding hydrogens is 138 g/mol. The first-order valence-corrected chi connectivity index (χ1v) is 3.95. The maximum Gasteiger partial charge on any atom is 0.224 e. The van der Waals surface area contributed by atoms with E-state index < -0.39 is 5.54 Å². The molecular formula is C9H13NO. The quantitative estimate of drug-likeness (QED) is 0.442. The molecule has 0 aromatic heterocycles. The molecule has 0 radical (unpaired) electrons. The van der Waals surface area contributed by atoms with Crippen molar-refractivity contribution in [3.8, 4) is 12.3 Å². The number of terminal acetylenes is 1. The van der Waals surface area contributed by atoms with Crippen molar-refractivity contribution in [3.05, 3.63) is 0 Å². The minimum atomic E-state index is -0.437. The third-order valence-corrected chi connectivity index (χ3v) is 2.25. The molecule has 0 amide bonds. The number of piperidine rings is 1. The summed E-state index contributed by atoms with van der Waals surface area (Å²) in [5.41, 5.74) is -0.437. The highest BCUT2D eigenvalue weighted by Gasteiger charge is 2.32. The van der Waals surface area contributed by atoms with Gasteiger partial charge < -0.3 is 5.32 Å². The lowest BCUT2D eigenvalue weighted by molar-refractivity contribution is -0.120. The second-order valence-corrected chi connectivity index (χ2v) is 3.19. The Morgan fingerprint density at radius 3 is 2.82 bits per heavy atom. The van der Waals surface area contributed by atoms with Gasteiger partial charge in [-0.1, -0.05) is 0 Å². The predicted molar refractivity (Wildman–Crippen MR) is 44.1 cm³/mol. The number of ketones is 1. The Hall–Kier alpha value is -0.810. The summed E-state index contributed by atoms with van der Waals surface area (Å²) < 4.78 is 0. The smallest absolute Gasteiger partial charge is 0.224 e. The molecule has 1 fully saturated rings. The zero-order chi connectivity index (χ0) is 8.32. The van der Waals surface area contributed by atoms with Crippen LogP contribution in [0.5, 0.6) is 0 Å². The maximum absolute atomic E-state index is 11.2. The normalized spacial score (nSPS) is 30.9. The molecule has 2 heteroatoms. The Kier molecular flexibility index (Phi) is 2.31. The predicted octanol–water partition coefficient (Wildman–Crippen LogP) is 0.721. The maximum atomic E-state index is 11.2. The van der Waals surface area contributed by atoms with Crippen molar-refractivity contribution in [3.63, 3.8) is 0 Å². The van der Waals surface area contributed by atoms with Crippen LogP contribution in [0.4, 0.5) is 0 Å². The summed E-state index contributed by atoms with van der Waals surface area (Å²) in [6.07, 6.45) is 8.16. The van der Waals surface area contributed by atoms with Crippen molar-refractivity contribution in [2.75, 3.05) is 6.54 Å². The molecule has 0 spiro atoms. The van der Waals surface area contributed by atoms with Crippen molar-refractivity contribution < 1.29 is 4.79 Å². The molecule has 0 bridgehead atoms. The molecule has 1 aliphatic heterocycles. The topological polar surface area (TPSA) is 29.1 Å². The third kappa shape index (κ3) is 1.61. The Morgan fingerprint density at radius 2 is 2.36 bits per heavy atom. The van der Waals surface area contributed by atoms with Crippen LogP contribution < -0.4 is 5.32 Å². The average molecular weight is 151 g/mol. The number of hydrogen-bond acceptors (Lipinski definition) is 2. The van der Waals surface area contributed by atoms with E-state index in [0.717, 1.165) is 25.8 Å². The Bertz CT molecular complexity index is 196. The second kappa shape index (κ2) is 3.06. The highest BCUT2D eigenvalue weighted by Crippen LogP contribution is 2.18. The van der Waals surface area contributed by atoms with Gasteiger partial charge in [-0.2, -0.15) is 0 Å². The summed E-state index contributed by atoms with van der Waals surface area (Å²) in [6, 6.07) is 0. The van der Waals surface area contributed by atoms with Gasteiger partial charge in [0.2, 0.25) is 5.78 Å². The zero-order valence-electron chi connectivity index (χ0n) is 6.81. The molecule has 1 N–H and O–H groups in total. The van der Waals surface area contributed by atoms with Crippen LogP contribution in [-0.2, 0) is 4.79 Å². The van der Waals surface area contributed by atoms with Gasteiger partial charge in [0.15, 0.2) is 0 Å². The van der Waals surface area contributed by atoms with Crippen LogP contribution >= 0.6 is 0 Å². The molecule has 1 aliphatic rings. The standard InChI is InChI=1S/C9H13NO/c1-3-8(11)9(2)6-4-5-7-10-9/h1,10H,4-7H2,2H3. The zero-order valence-corrected chi connectivity index (χ0v) is 6.81. The highest BCUT2D eigenvalue weighted by molar-refractivity contribution is 6.02. The van der Waals surface area contributed by atoms with E-state index in [2.05, 4.69) is 11.2 Å². The third-order valence-electron chi connectivity index (χ3n) is 2.25. The van der Waals surface area contributed by atoms with E-state index >= 15 is 0 Å². The van der Waals surface area contributed by atoms with Crippen LogP contribution in [0.1, 0.15) is 26.2 Å². The van der Waals surface area contributed by atoms with Crippen LogP contribution in [-0.4, -0.2) is 17.9 Å². The van der Waals surface area contributed by atoms with E-state index in [1.165, 1.54) is 0 Å². The van der Waals surface area contributed by atoms with E-state index in [1.807, 2.05) is 6.92 Å². The van der Waals surface area contributed by atoms with Gasteiger partial charge in [0.25, 0.3) is 0 Å². The molecule has 1 atom stereocenters. The van der Waals surface area contributed by atoms with Crippen LogP contribution in [0, 0.1) is 12.3 Å². The van der Waals surface area contributed by atoms with Crippen molar-refractivity contribution in [1.29, 1.82) is 0 Å². The van der Waals surface area contributed by atoms with Crippen molar-refractivity contribution in [2.45, 2.75) is 31.7 Å². The lowest BCUT2D eigenvalue weighted by Gasteiger charge is -2.31. The van der Waals surface area contributed by atoms with Crippen molar-refractivity contribution >= 4 is 5.78 Å². The van der Waals surface area contributed by atoms with Crippen molar-refractivity contribution in [2.24, 2.45) is 0 Å². The number of rotatable bonds is 1. The van der Waals surface area contributed by atoms with E-state index in [0.29, 0.717) is 0 Å². The number of Topliss-reactive ketones (excluding diaryl/α,β-unsaturated/α-hetero) is 1. The molecule has 0 saturated carbocycles. The molecule has 1 heterocycles. The fourth-order valence-electron chi connectivity index (χ4n) is 1.41. The van der Waals surface area contributed by atoms with Gasteiger partial charge in [-0.25, -0.2) is 0 Å². The largest absolute Gasteiger partial charge is 0.304 e. The van der Waals surface area contributed by atoms with Crippen LogP contribution in [0.15, 0.2) is 0 Å². The van der Waals surface area contributed by atoms with Gasteiger partial charge in [0.05, 0.1) is 5.54 Å². The summed E-state index contributed by atoms with van der Waals surface area (Å²) in [4.78, 5) is 11.2. The fourth-order valence-corrected chi connectivity index (χ4v) is 1.41. The van der Waals surface area contributed by atoms with E-state index in [-0.39, 0.29) is 5.78 Å². The fraction of sp³-hybridized carbons (Fsp3) is 0.667. The van der Waals surface area contributed by atoms with Crippen LogP contribution in [0.3, 0.4) is 0 Å². The minimum Gasteiger partial charge on any atom is -0.304 e. The van der Waals surface area contributed by atoms with Crippen LogP contribution in [0.2, 0.25) is 0 Å². The monoisotopic (exact) mass is 151 g/mol. The molecule has 0 aromatic carbocycles. The van der Waals surface area contributed by atoms with Gasteiger partial charge >= 0.3 is 0 Å². The van der Waals surface area contributed by atoms with E-state index in [4.69, 9.17) is 6.42 Å². The van der Waals surface area contributed by atoms with Gasteiger partial charge in [0.1, 0.15) is 0 Å². The summed E-state index contributed by atoms with van der Waals surface area (Å²) in [6.45, 7) is 2.79. The highest BCUT2D eigenvalue weighted by atomic mass is 16.1. The number of nitrogens with one attached hydrogen (secondary N) is 1. The number of carbonyl (C=O) groups excluding carboxylic acids is 1. The molecule has 1 rings (SSSR count). The SMILES string of the molecule is C#CC(=O)C1(C)CCCCN1. The molecule has 0 aromatic rings. The van der Waals surface area contributed by atoms with Gasteiger partial charge in [-0.15, -0.1) is 6.42 Å².